The first-order chi connectivity index (χ1) is 15.3. The number of nitrogens with zero attached hydrogens (tertiary/aromatic N) is 2. The van der Waals surface area contributed by atoms with E-state index >= 15 is 0 Å². The van der Waals surface area contributed by atoms with Crippen LogP contribution in [0.4, 0.5) is 0 Å². The fourth-order valence-electron chi connectivity index (χ4n) is 3.06. The molecular weight excluding hydrogens is 432 g/mol. The van der Waals surface area contributed by atoms with Crippen LogP contribution in [0, 0.1) is 6.92 Å². The Morgan fingerprint density at radius 3 is 2.44 bits per heavy atom. The standard InChI is InChI=1S/C23H25ClN4O4/c1-13(2)31-20-10-9-17(12-18(20)24)22(29)27-19(23(30)25-4)11-15-5-7-16(8-6-15)21-26-14(3)32-28-21/h5-10,12-13,19H,11H2,1-4H3,(H,25,30)(H,27,29). The number of aryl methyl sites for hydroxylation is 1. The average Bonchev–Trinajstić information content (AvgIpc) is 3.20. The molecule has 0 aliphatic carbocycles. The quantitative estimate of drug-likeness (QED) is 0.536. The van der Waals surface area contributed by atoms with Crippen molar-refractivity contribution < 1.29 is 18.8 Å². The molecule has 0 aliphatic rings. The highest BCUT2D eigenvalue weighted by Crippen LogP contribution is 2.26. The predicted octanol–water partition coefficient (Wildman–Crippen LogP) is 3.57. The van der Waals surface area contributed by atoms with Gasteiger partial charge in [0.25, 0.3) is 5.91 Å². The number of carbonyl (C=O) groups excluding carboxylic acids is 2. The van der Waals surface area contributed by atoms with Crippen LogP contribution < -0.4 is 15.4 Å². The minimum absolute atomic E-state index is 0.0414. The molecule has 0 spiro atoms. The van der Waals surface area contributed by atoms with Gasteiger partial charge < -0.3 is 19.9 Å². The number of aromatic nitrogens is 2. The van der Waals surface area contributed by atoms with E-state index < -0.39 is 11.9 Å². The second-order valence-corrected chi connectivity index (χ2v) is 7.90. The van der Waals surface area contributed by atoms with Crippen molar-refractivity contribution in [2.24, 2.45) is 0 Å². The van der Waals surface area contributed by atoms with Crippen molar-refractivity contribution in [2.75, 3.05) is 7.05 Å². The van der Waals surface area contributed by atoms with Gasteiger partial charge in [0, 0.05) is 31.5 Å². The summed E-state index contributed by atoms with van der Waals surface area (Å²) in [5.41, 5.74) is 1.99. The van der Waals surface area contributed by atoms with Gasteiger partial charge in [0.1, 0.15) is 11.8 Å². The minimum Gasteiger partial charge on any atom is -0.489 e. The minimum atomic E-state index is -0.767. The van der Waals surface area contributed by atoms with E-state index in [2.05, 4.69) is 20.8 Å². The third-order valence-electron chi connectivity index (χ3n) is 4.60. The molecule has 0 bridgehead atoms. The SMILES string of the molecule is CNC(=O)C(Cc1ccc(-c2noc(C)n2)cc1)NC(=O)c1ccc(OC(C)C)c(Cl)c1. The zero-order valence-electron chi connectivity index (χ0n) is 18.3. The zero-order chi connectivity index (χ0) is 23.3. The third-order valence-corrected chi connectivity index (χ3v) is 4.90. The molecule has 168 valence electrons. The van der Waals surface area contributed by atoms with Crippen LogP contribution in [0.2, 0.25) is 5.02 Å². The van der Waals surface area contributed by atoms with Crippen molar-refractivity contribution in [1.82, 2.24) is 20.8 Å². The van der Waals surface area contributed by atoms with Crippen molar-refractivity contribution in [3.8, 4) is 17.1 Å². The van der Waals surface area contributed by atoms with Crippen molar-refractivity contribution in [1.29, 1.82) is 0 Å². The first-order valence-corrected chi connectivity index (χ1v) is 10.5. The number of likely N-dealkylation sites (N-methyl/N-ethyl adjacent to an activating group) is 1. The Bertz CT molecular complexity index is 1100. The molecule has 2 aromatic carbocycles. The van der Waals surface area contributed by atoms with Gasteiger partial charge in [-0.2, -0.15) is 4.98 Å². The normalized spacial score (nSPS) is 11.8. The molecule has 8 nitrogen and oxygen atoms in total. The molecule has 0 fully saturated rings. The van der Waals surface area contributed by atoms with Crippen LogP contribution in [0.15, 0.2) is 47.0 Å². The van der Waals surface area contributed by atoms with Gasteiger partial charge in [0.2, 0.25) is 17.6 Å². The smallest absolute Gasteiger partial charge is 0.251 e. The number of ether oxygens (including phenoxy) is 1. The van der Waals surface area contributed by atoms with Gasteiger partial charge in [-0.1, -0.05) is 41.0 Å². The van der Waals surface area contributed by atoms with Crippen LogP contribution >= 0.6 is 11.6 Å². The Balaban J connectivity index is 1.72. The largest absolute Gasteiger partial charge is 0.489 e. The summed E-state index contributed by atoms with van der Waals surface area (Å²) in [7, 11) is 1.53. The Labute approximate surface area is 191 Å². The number of hydrogen-bond donors (Lipinski definition) is 2. The maximum absolute atomic E-state index is 12.8. The van der Waals surface area contributed by atoms with Crippen LogP contribution in [-0.4, -0.2) is 41.1 Å². The number of amides is 2. The summed E-state index contributed by atoms with van der Waals surface area (Å²) in [6.45, 7) is 5.50. The molecule has 1 unspecified atom stereocenters. The van der Waals surface area contributed by atoms with Crippen LogP contribution in [0.1, 0.15) is 35.7 Å². The van der Waals surface area contributed by atoms with Gasteiger partial charge in [-0.05, 0) is 37.6 Å². The Morgan fingerprint density at radius 1 is 1.16 bits per heavy atom. The van der Waals surface area contributed by atoms with Crippen LogP contribution in [0.25, 0.3) is 11.4 Å². The number of carbonyl (C=O) groups is 2. The lowest BCUT2D eigenvalue weighted by Gasteiger charge is -2.18. The first kappa shape index (κ1) is 23.3. The van der Waals surface area contributed by atoms with E-state index in [-0.39, 0.29) is 12.0 Å². The van der Waals surface area contributed by atoms with E-state index in [0.717, 1.165) is 11.1 Å². The van der Waals surface area contributed by atoms with Gasteiger partial charge >= 0.3 is 0 Å². The van der Waals surface area contributed by atoms with Gasteiger partial charge in [-0.3, -0.25) is 9.59 Å². The molecule has 0 aliphatic heterocycles. The number of nitrogens with one attached hydrogen (secondary N) is 2. The number of rotatable bonds is 8. The second kappa shape index (κ2) is 10.3. The van der Waals surface area contributed by atoms with Crippen molar-refractivity contribution in [2.45, 2.75) is 39.3 Å². The molecule has 1 atom stereocenters. The molecule has 32 heavy (non-hydrogen) atoms. The van der Waals surface area contributed by atoms with Crippen molar-refractivity contribution in [3.63, 3.8) is 0 Å². The van der Waals surface area contributed by atoms with Gasteiger partial charge in [-0.15, -0.1) is 0 Å². The van der Waals surface area contributed by atoms with E-state index in [4.69, 9.17) is 20.9 Å². The highest BCUT2D eigenvalue weighted by molar-refractivity contribution is 6.32. The Morgan fingerprint density at radius 2 is 1.88 bits per heavy atom. The van der Waals surface area contributed by atoms with Crippen LogP contribution in [0.5, 0.6) is 5.75 Å². The van der Waals surface area contributed by atoms with Gasteiger partial charge in [-0.25, -0.2) is 0 Å². The number of hydrogen-bond acceptors (Lipinski definition) is 6. The highest BCUT2D eigenvalue weighted by Gasteiger charge is 2.22. The van der Waals surface area contributed by atoms with E-state index in [1.165, 1.54) is 13.1 Å². The summed E-state index contributed by atoms with van der Waals surface area (Å²) in [4.78, 5) is 29.4. The average molecular weight is 457 g/mol. The van der Waals surface area contributed by atoms with E-state index in [9.17, 15) is 9.59 Å². The van der Waals surface area contributed by atoms with Gasteiger partial charge in [0.15, 0.2) is 0 Å². The van der Waals surface area contributed by atoms with Gasteiger partial charge in [0.05, 0.1) is 11.1 Å². The maximum Gasteiger partial charge on any atom is 0.251 e. The Hall–Kier alpha value is -3.39. The van der Waals surface area contributed by atoms with Crippen LogP contribution in [-0.2, 0) is 11.2 Å². The summed E-state index contributed by atoms with van der Waals surface area (Å²) in [5.74, 6) is 0.762. The highest BCUT2D eigenvalue weighted by atomic mass is 35.5. The fourth-order valence-corrected chi connectivity index (χ4v) is 3.28. The maximum atomic E-state index is 12.8. The molecule has 3 aromatic rings. The topological polar surface area (TPSA) is 106 Å². The van der Waals surface area contributed by atoms with E-state index in [1.54, 1.807) is 19.1 Å². The lowest BCUT2D eigenvalue weighted by Crippen LogP contribution is -2.47. The first-order valence-electron chi connectivity index (χ1n) is 10.1. The molecule has 9 heteroatoms. The third kappa shape index (κ3) is 5.85. The Kier molecular flexibility index (Phi) is 7.48. The van der Waals surface area contributed by atoms with Crippen LogP contribution in [0.3, 0.4) is 0 Å². The monoisotopic (exact) mass is 456 g/mol. The number of benzene rings is 2. The molecule has 0 radical (unpaired) electrons. The second-order valence-electron chi connectivity index (χ2n) is 7.49. The predicted molar refractivity (Wildman–Crippen MR) is 121 cm³/mol. The molecule has 0 saturated heterocycles. The summed E-state index contributed by atoms with van der Waals surface area (Å²) in [6.07, 6.45) is 0.263. The van der Waals surface area contributed by atoms with E-state index in [0.29, 0.717) is 34.5 Å². The lowest BCUT2D eigenvalue weighted by molar-refractivity contribution is -0.122. The molecule has 2 N–H and O–H groups in total. The molecule has 3 rings (SSSR count). The molecule has 0 saturated carbocycles. The summed E-state index contributed by atoms with van der Waals surface area (Å²) < 4.78 is 10.6. The fraction of sp³-hybridized carbons (Fsp3) is 0.304. The summed E-state index contributed by atoms with van der Waals surface area (Å²) in [5, 5.41) is 9.59. The molecule has 2 amide bonds. The van der Waals surface area contributed by atoms with Crippen molar-refractivity contribution in [3.05, 3.63) is 64.5 Å². The molecule has 1 heterocycles. The summed E-state index contributed by atoms with van der Waals surface area (Å²) >= 11 is 6.24. The molecule has 1 aromatic heterocycles. The van der Waals surface area contributed by atoms with E-state index in [1.807, 2.05) is 38.1 Å². The molecular formula is C23H25ClN4O4. The lowest BCUT2D eigenvalue weighted by atomic mass is 10.0. The summed E-state index contributed by atoms with van der Waals surface area (Å²) in [6, 6.07) is 11.4. The number of halogens is 1. The zero-order valence-corrected chi connectivity index (χ0v) is 19.1. The van der Waals surface area contributed by atoms with Crippen molar-refractivity contribution >= 4 is 23.4 Å².